The van der Waals surface area contributed by atoms with Crippen molar-refractivity contribution < 1.29 is 43.2 Å². The van der Waals surface area contributed by atoms with Gasteiger partial charge in [0.2, 0.25) is 17.7 Å². The van der Waals surface area contributed by atoms with E-state index in [2.05, 4.69) is 16.0 Å². The minimum absolute atomic E-state index is 0.0754. The van der Waals surface area contributed by atoms with Crippen LogP contribution in [0.1, 0.15) is 43.9 Å². The predicted octanol–water partition coefficient (Wildman–Crippen LogP) is 1.97. The van der Waals surface area contributed by atoms with E-state index in [0.29, 0.717) is 84.7 Å². The van der Waals surface area contributed by atoms with Gasteiger partial charge in [0.05, 0.1) is 65.5 Å². The Bertz CT molecular complexity index is 1290. The van der Waals surface area contributed by atoms with E-state index in [4.69, 9.17) is 23.7 Å². The summed E-state index contributed by atoms with van der Waals surface area (Å²) in [5.41, 5.74) is 3.93. The molecule has 0 unspecified atom stereocenters. The highest BCUT2D eigenvalue weighted by Gasteiger charge is 2.32. The van der Waals surface area contributed by atoms with Crippen LogP contribution in [0.2, 0.25) is 0 Å². The third-order valence-corrected chi connectivity index (χ3v) is 7.92. The Labute approximate surface area is 289 Å². The molecule has 1 aliphatic rings. The van der Waals surface area contributed by atoms with Crippen LogP contribution in [0.4, 0.5) is 5.69 Å². The van der Waals surface area contributed by atoms with E-state index in [9.17, 15) is 19.5 Å². The molecule has 2 atom stereocenters. The number of nitrogens with zero attached hydrogens (tertiary/aromatic N) is 1. The number of nitrogens with one attached hydrogen (secondary N) is 3. The van der Waals surface area contributed by atoms with Gasteiger partial charge in [0.15, 0.2) is 0 Å². The monoisotopic (exact) mass is 686 g/mol. The SMILES string of the molecule is CC(=O)NCCOCCOCCOCCOCCC(=O)NCc1ccc(COc2ccc3c(c2)N(C)[C@@H](C(C)C)C(=O)N[C@H](CO)C3)cc1. The van der Waals surface area contributed by atoms with Crippen LogP contribution in [0, 0.1) is 5.92 Å². The largest absolute Gasteiger partial charge is 0.489 e. The van der Waals surface area contributed by atoms with Crippen LogP contribution in [0.5, 0.6) is 5.75 Å². The number of aliphatic hydroxyl groups is 1. The molecule has 1 aliphatic heterocycles. The number of anilines is 1. The van der Waals surface area contributed by atoms with Crippen LogP contribution < -0.4 is 25.6 Å². The van der Waals surface area contributed by atoms with Gasteiger partial charge in [0, 0.05) is 45.2 Å². The maximum atomic E-state index is 12.9. The first-order chi connectivity index (χ1) is 23.7. The first-order valence-corrected chi connectivity index (χ1v) is 17.0. The molecular formula is C36H54N4O9. The summed E-state index contributed by atoms with van der Waals surface area (Å²) in [4.78, 5) is 37.9. The third kappa shape index (κ3) is 14.7. The molecule has 3 rings (SSSR count). The number of benzene rings is 2. The van der Waals surface area contributed by atoms with E-state index in [-0.39, 0.29) is 48.8 Å². The molecule has 2 aromatic carbocycles. The van der Waals surface area contributed by atoms with E-state index in [1.54, 1.807) is 0 Å². The Balaban J connectivity index is 1.28. The lowest BCUT2D eigenvalue weighted by Crippen LogP contribution is -2.54. The lowest BCUT2D eigenvalue weighted by atomic mass is 9.95. The molecule has 0 aliphatic carbocycles. The molecule has 4 N–H and O–H groups in total. The number of hydrogen-bond acceptors (Lipinski definition) is 10. The van der Waals surface area contributed by atoms with Crippen molar-refractivity contribution in [2.45, 2.75) is 58.8 Å². The molecule has 0 fully saturated rings. The Morgan fingerprint density at radius 3 is 2.12 bits per heavy atom. The zero-order valence-electron chi connectivity index (χ0n) is 29.3. The summed E-state index contributed by atoms with van der Waals surface area (Å²) in [5.74, 6) is 0.518. The van der Waals surface area contributed by atoms with Gasteiger partial charge in [-0.05, 0) is 35.1 Å². The van der Waals surface area contributed by atoms with Crippen molar-refractivity contribution >= 4 is 23.4 Å². The van der Waals surface area contributed by atoms with Crippen molar-refractivity contribution in [3.63, 3.8) is 0 Å². The Morgan fingerprint density at radius 1 is 0.898 bits per heavy atom. The fraction of sp³-hybridized carbons (Fsp3) is 0.583. The molecule has 3 amide bonds. The van der Waals surface area contributed by atoms with Gasteiger partial charge in [-0.2, -0.15) is 0 Å². The van der Waals surface area contributed by atoms with E-state index in [1.807, 2.05) is 68.3 Å². The number of likely N-dealkylation sites (N-methyl/N-ethyl adjacent to an activating group) is 1. The topological polar surface area (TPSA) is 157 Å². The second kappa shape index (κ2) is 22.1. The number of fused-ring (bicyclic) bond motifs is 1. The van der Waals surface area contributed by atoms with E-state index in [1.165, 1.54) is 6.92 Å². The maximum absolute atomic E-state index is 12.9. The zero-order valence-corrected chi connectivity index (χ0v) is 29.3. The highest BCUT2D eigenvalue weighted by Crippen LogP contribution is 2.31. The van der Waals surface area contributed by atoms with Gasteiger partial charge >= 0.3 is 0 Å². The number of aliphatic hydroxyl groups excluding tert-OH is 1. The van der Waals surface area contributed by atoms with Crippen LogP contribution in [0.25, 0.3) is 0 Å². The Morgan fingerprint density at radius 2 is 1.51 bits per heavy atom. The quantitative estimate of drug-likeness (QED) is 0.135. The number of ether oxygens (including phenoxy) is 5. The van der Waals surface area contributed by atoms with Gasteiger partial charge in [-0.3, -0.25) is 14.4 Å². The van der Waals surface area contributed by atoms with Gasteiger partial charge in [0.1, 0.15) is 18.4 Å². The van der Waals surface area contributed by atoms with Crippen LogP contribution >= 0.6 is 0 Å². The van der Waals surface area contributed by atoms with Crippen molar-refractivity contribution in [2.24, 2.45) is 5.92 Å². The minimum atomic E-state index is -0.368. The second-order valence-electron chi connectivity index (χ2n) is 12.2. The highest BCUT2D eigenvalue weighted by atomic mass is 16.6. The van der Waals surface area contributed by atoms with E-state index >= 15 is 0 Å². The molecule has 2 aromatic rings. The van der Waals surface area contributed by atoms with Gasteiger partial charge in [-0.15, -0.1) is 0 Å². The van der Waals surface area contributed by atoms with Crippen molar-refractivity contribution in [3.8, 4) is 5.75 Å². The third-order valence-electron chi connectivity index (χ3n) is 7.92. The first kappa shape index (κ1) is 39.7. The molecule has 0 saturated carbocycles. The van der Waals surface area contributed by atoms with Crippen molar-refractivity contribution in [3.05, 3.63) is 59.2 Å². The lowest BCUT2D eigenvalue weighted by molar-refractivity contribution is -0.124. The molecule has 0 aromatic heterocycles. The molecular weight excluding hydrogens is 632 g/mol. The number of carbonyl (C=O) groups excluding carboxylic acids is 3. The van der Waals surface area contributed by atoms with Crippen LogP contribution in [0.15, 0.2) is 42.5 Å². The van der Waals surface area contributed by atoms with Gasteiger partial charge in [0.25, 0.3) is 0 Å². The number of hydrogen-bond donors (Lipinski definition) is 4. The molecule has 49 heavy (non-hydrogen) atoms. The number of carbonyl (C=O) groups is 3. The molecule has 272 valence electrons. The Kier molecular flexibility index (Phi) is 17.9. The van der Waals surface area contributed by atoms with E-state index in [0.717, 1.165) is 22.4 Å². The summed E-state index contributed by atoms with van der Waals surface area (Å²) in [6, 6.07) is 13.1. The van der Waals surface area contributed by atoms with Gasteiger partial charge < -0.3 is 49.6 Å². The predicted molar refractivity (Wildman–Crippen MR) is 185 cm³/mol. The van der Waals surface area contributed by atoms with Crippen LogP contribution in [-0.2, 0) is 52.9 Å². The average molecular weight is 687 g/mol. The van der Waals surface area contributed by atoms with Gasteiger partial charge in [-0.25, -0.2) is 0 Å². The molecule has 0 bridgehead atoms. The average Bonchev–Trinajstić information content (AvgIpc) is 3.07. The summed E-state index contributed by atoms with van der Waals surface area (Å²) in [5, 5.41) is 18.4. The number of amides is 3. The molecule has 13 heteroatoms. The van der Waals surface area contributed by atoms with Crippen molar-refractivity contribution in [2.75, 3.05) is 78.0 Å². The zero-order chi connectivity index (χ0) is 35.4. The molecule has 0 radical (unpaired) electrons. The number of rotatable bonds is 22. The van der Waals surface area contributed by atoms with Crippen LogP contribution in [-0.4, -0.2) is 108 Å². The van der Waals surface area contributed by atoms with E-state index < -0.39 is 0 Å². The first-order valence-electron chi connectivity index (χ1n) is 17.0. The molecule has 13 nitrogen and oxygen atoms in total. The van der Waals surface area contributed by atoms with Gasteiger partial charge in [-0.1, -0.05) is 44.2 Å². The minimum Gasteiger partial charge on any atom is -0.489 e. The normalized spacial score (nSPS) is 16.0. The fourth-order valence-corrected chi connectivity index (χ4v) is 5.36. The standard InChI is InChI=1S/C36H54N4O9/c1-26(2)35-36(44)39-31(24-41)21-30-9-10-32(22-33(30)40(35)4)49-25-29-7-5-28(6-8-29)23-38-34(43)11-13-45-15-17-47-19-20-48-18-16-46-14-12-37-27(3)42/h5-10,22,26,31,35,41H,11-21,23-25H2,1-4H3,(H,37,42)(H,38,43)(H,39,44)/t31-,35-/m0/s1. The van der Waals surface area contributed by atoms with Crippen molar-refractivity contribution in [1.82, 2.24) is 16.0 Å². The smallest absolute Gasteiger partial charge is 0.243 e. The van der Waals surface area contributed by atoms with Crippen molar-refractivity contribution in [1.29, 1.82) is 0 Å². The summed E-state index contributed by atoms with van der Waals surface area (Å²) in [7, 11) is 1.92. The summed E-state index contributed by atoms with van der Waals surface area (Å²) in [6.45, 7) is 10.0. The molecule has 0 spiro atoms. The fourth-order valence-electron chi connectivity index (χ4n) is 5.36. The Hall–Kier alpha value is -3.75. The van der Waals surface area contributed by atoms with Crippen LogP contribution in [0.3, 0.4) is 0 Å². The molecule has 0 saturated heterocycles. The summed E-state index contributed by atoms with van der Waals surface area (Å²) >= 11 is 0. The maximum Gasteiger partial charge on any atom is 0.243 e. The second-order valence-corrected chi connectivity index (χ2v) is 12.2. The lowest BCUT2D eigenvalue weighted by Gasteiger charge is -2.37. The highest BCUT2D eigenvalue weighted by molar-refractivity contribution is 5.87. The molecule has 1 heterocycles. The summed E-state index contributed by atoms with van der Waals surface area (Å²) < 4.78 is 27.8. The summed E-state index contributed by atoms with van der Waals surface area (Å²) in [6.07, 6.45) is 0.794.